The summed E-state index contributed by atoms with van der Waals surface area (Å²) >= 11 is 6.49. The molecule has 0 unspecified atom stereocenters. The minimum absolute atomic E-state index is 0.125. The number of anilines is 2. The van der Waals surface area contributed by atoms with Crippen molar-refractivity contribution in [2.75, 3.05) is 12.4 Å². The summed E-state index contributed by atoms with van der Waals surface area (Å²) in [4.78, 5) is 28.7. The van der Waals surface area contributed by atoms with Gasteiger partial charge >= 0.3 is 5.97 Å². The molecule has 1 heterocycles. The Morgan fingerprint density at radius 3 is 2.64 bits per heavy atom. The van der Waals surface area contributed by atoms with Crippen molar-refractivity contribution in [1.82, 2.24) is 10.3 Å². The van der Waals surface area contributed by atoms with Gasteiger partial charge in [0.25, 0.3) is 5.91 Å². The average Bonchev–Trinajstić information content (AvgIpc) is 3.60. The first kappa shape index (κ1) is 18.7. The first-order valence-electron chi connectivity index (χ1n) is 9.36. The molecule has 2 saturated carbocycles. The number of hydrogen-bond donors (Lipinski definition) is 2. The van der Waals surface area contributed by atoms with Crippen LogP contribution >= 0.6 is 11.6 Å². The maximum atomic E-state index is 12.6. The molecule has 146 valence electrons. The fraction of sp³-hybridized carbons (Fsp3) is 0.381. The highest BCUT2D eigenvalue weighted by Gasteiger charge is 2.39. The zero-order valence-electron chi connectivity index (χ0n) is 15.8. The van der Waals surface area contributed by atoms with Gasteiger partial charge in [0.15, 0.2) is 0 Å². The van der Waals surface area contributed by atoms with E-state index in [1.807, 2.05) is 19.1 Å². The van der Waals surface area contributed by atoms with Crippen LogP contribution in [-0.4, -0.2) is 29.5 Å². The second-order valence-corrected chi connectivity index (χ2v) is 8.11. The highest BCUT2D eigenvalue weighted by Crippen LogP contribution is 2.45. The third kappa shape index (κ3) is 3.83. The van der Waals surface area contributed by atoms with Gasteiger partial charge in [0, 0.05) is 17.4 Å². The fourth-order valence-corrected chi connectivity index (χ4v) is 3.39. The molecule has 2 N–H and O–H groups in total. The quantitative estimate of drug-likeness (QED) is 0.702. The molecule has 0 aliphatic heterocycles. The summed E-state index contributed by atoms with van der Waals surface area (Å²) in [6.45, 7) is 2.02. The molecule has 0 spiro atoms. The van der Waals surface area contributed by atoms with Gasteiger partial charge in [-0.3, -0.25) is 4.79 Å². The minimum Gasteiger partial charge on any atom is -0.465 e. The number of hydrogen-bond acceptors (Lipinski definition) is 5. The number of pyridine rings is 1. The summed E-state index contributed by atoms with van der Waals surface area (Å²) in [5, 5.41) is 6.54. The summed E-state index contributed by atoms with van der Waals surface area (Å²) in [6, 6.07) is 7.01. The number of esters is 1. The maximum Gasteiger partial charge on any atom is 0.337 e. The lowest BCUT2D eigenvalue weighted by molar-refractivity contribution is 0.0600. The van der Waals surface area contributed by atoms with Gasteiger partial charge in [-0.05, 0) is 68.4 Å². The Morgan fingerprint density at radius 2 is 2.00 bits per heavy atom. The number of amides is 1. The van der Waals surface area contributed by atoms with Crippen LogP contribution in [0.15, 0.2) is 30.5 Å². The van der Waals surface area contributed by atoms with E-state index in [9.17, 15) is 9.59 Å². The van der Waals surface area contributed by atoms with Crippen molar-refractivity contribution in [3.8, 4) is 0 Å². The monoisotopic (exact) mass is 399 g/mol. The predicted molar refractivity (Wildman–Crippen MR) is 107 cm³/mol. The number of carbonyl (C=O) groups is 2. The number of rotatable bonds is 6. The Kier molecular flexibility index (Phi) is 4.75. The SMILES string of the molecule is COC(=O)c1ccc(Nc2nccc(C(=O)NC3(C)CC3)c2Cl)c(C2CC2)c1. The highest BCUT2D eigenvalue weighted by atomic mass is 35.5. The summed E-state index contributed by atoms with van der Waals surface area (Å²) in [7, 11) is 1.37. The molecular formula is C21H22ClN3O3. The van der Waals surface area contributed by atoms with E-state index in [2.05, 4.69) is 15.6 Å². The van der Waals surface area contributed by atoms with E-state index < -0.39 is 0 Å². The van der Waals surface area contributed by atoms with E-state index in [-0.39, 0.29) is 22.4 Å². The lowest BCUT2D eigenvalue weighted by atomic mass is 10.0. The zero-order chi connectivity index (χ0) is 19.9. The van der Waals surface area contributed by atoms with Crippen molar-refractivity contribution < 1.29 is 14.3 Å². The van der Waals surface area contributed by atoms with Crippen molar-refractivity contribution in [3.05, 3.63) is 52.2 Å². The molecule has 1 aromatic heterocycles. The van der Waals surface area contributed by atoms with Crippen molar-refractivity contribution in [3.63, 3.8) is 0 Å². The van der Waals surface area contributed by atoms with E-state index >= 15 is 0 Å². The van der Waals surface area contributed by atoms with Crippen LogP contribution < -0.4 is 10.6 Å². The van der Waals surface area contributed by atoms with Gasteiger partial charge in [-0.15, -0.1) is 0 Å². The lowest BCUT2D eigenvalue weighted by Crippen LogP contribution is -2.34. The highest BCUT2D eigenvalue weighted by molar-refractivity contribution is 6.36. The van der Waals surface area contributed by atoms with Crippen LogP contribution in [0.25, 0.3) is 0 Å². The van der Waals surface area contributed by atoms with Crippen molar-refractivity contribution >= 4 is 35.0 Å². The van der Waals surface area contributed by atoms with Crippen LogP contribution in [-0.2, 0) is 4.74 Å². The van der Waals surface area contributed by atoms with Crippen molar-refractivity contribution in [2.45, 2.75) is 44.1 Å². The standard InChI is InChI=1S/C21H22ClN3O3/c1-21(8-9-21)25-19(26)14-7-10-23-18(17(14)22)24-16-6-5-13(20(27)28-2)11-15(16)12-3-4-12/h5-7,10-12H,3-4,8-9H2,1-2H3,(H,23,24)(H,25,26). The Labute approximate surface area is 168 Å². The molecule has 7 heteroatoms. The molecule has 2 aromatic rings. The number of ether oxygens (including phenoxy) is 1. The average molecular weight is 400 g/mol. The maximum absolute atomic E-state index is 12.6. The number of carbonyl (C=O) groups excluding carboxylic acids is 2. The van der Waals surface area contributed by atoms with Gasteiger partial charge < -0.3 is 15.4 Å². The molecule has 0 bridgehead atoms. The molecule has 4 rings (SSSR count). The van der Waals surface area contributed by atoms with Gasteiger partial charge in [0.2, 0.25) is 0 Å². The van der Waals surface area contributed by atoms with Gasteiger partial charge in [0.05, 0.1) is 23.3 Å². The molecule has 28 heavy (non-hydrogen) atoms. The molecule has 0 radical (unpaired) electrons. The second-order valence-electron chi connectivity index (χ2n) is 7.73. The number of halogens is 1. The van der Waals surface area contributed by atoms with Crippen LogP contribution in [0.5, 0.6) is 0 Å². The topological polar surface area (TPSA) is 80.3 Å². The predicted octanol–water partition coefficient (Wildman–Crippen LogP) is 4.42. The molecule has 2 aliphatic carbocycles. The van der Waals surface area contributed by atoms with E-state index in [4.69, 9.17) is 16.3 Å². The number of methoxy groups -OCH3 is 1. The number of nitrogens with one attached hydrogen (secondary N) is 2. The van der Waals surface area contributed by atoms with Gasteiger partial charge in [-0.25, -0.2) is 9.78 Å². The Hall–Kier alpha value is -2.60. The van der Waals surface area contributed by atoms with Crippen LogP contribution in [0, 0.1) is 0 Å². The smallest absolute Gasteiger partial charge is 0.337 e. The van der Waals surface area contributed by atoms with E-state index in [1.165, 1.54) is 7.11 Å². The summed E-state index contributed by atoms with van der Waals surface area (Å²) in [5.74, 6) is 0.255. The second kappa shape index (κ2) is 7.09. The van der Waals surface area contributed by atoms with E-state index in [0.29, 0.717) is 22.9 Å². The lowest BCUT2D eigenvalue weighted by Gasteiger charge is -2.16. The number of nitrogens with zero attached hydrogens (tertiary/aromatic N) is 1. The molecule has 1 amide bonds. The van der Waals surface area contributed by atoms with Gasteiger partial charge in [0.1, 0.15) is 5.82 Å². The van der Waals surface area contributed by atoms with Crippen LogP contribution in [0.3, 0.4) is 0 Å². The summed E-state index contributed by atoms with van der Waals surface area (Å²) < 4.78 is 4.82. The molecule has 6 nitrogen and oxygen atoms in total. The van der Waals surface area contributed by atoms with Crippen molar-refractivity contribution in [2.24, 2.45) is 0 Å². The van der Waals surface area contributed by atoms with Crippen molar-refractivity contribution in [1.29, 1.82) is 0 Å². The number of benzene rings is 1. The van der Waals surface area contributed by atoms with Crippen LogP contribution in [0.4, 0.5) is 11.5 Å². The van der Waals surface area contributed by atoms with E-state index in [0.717, 1.165) is 36.9 Å². The summed E-state index contributed by atoms with van der Waals surface area (Å²) in [5.41, 5.74) is 2.64. The Bertz CT molecular complexity index is 952. The fourth-order valence-electron chi connectivity index (χ4n) is 3.14. The zero-order valence-corrected chi connectivity index (χ0v) is 16.6. The normalized spacial score (nSPS) is 17.0. The third-order valence-corrected chi connectivity index (χ3v) is 5.67. The molecule has 2 aliphatic rings. The molecule has 0 saturated heterocycles. The first-order chi connectivity index (χ1) is 13.4. The molecule has 0 atom stereocenters. The molecular weight excluding hydrogens is 378 g/mol. The summed E-state index contributed by atoms with van der Waals surface area (Å²) in [6.07, 6.45) is 5.66. The van der Waals surface area contributed by atoms with Gasteiger partial charge in [-0.1, -0.05) is 11.6 Å². The first-order valence-corrected chi connectivity index (χ1v) is 9.74. The third-order valence-electron chi connectivity index (χ3n) is 5.29. The molecule has 1 aromatic carbocycles. The minimum atomic E-state index is -0.364. The Balaban J connectivity index is 1.61. The van der Waals surface area contributed by atoms with Gasteiger partial charge in [-0.2, -0.15) is 0 Å². The van der Waals surface area contributed by atoms with Crippen LogP contribution in [0.1, 0.15) is 64.8 Å². The molecule has 2 fully saturated rings. The van der Waals surface area contributed by atoms with Crippen LogP contribution in [0.2, 0.25) is 5.02 Å². The van der Waals surface area contributed by atoms with E-state index in [1.54, 1.807) is 18.3 Å². The largest absolute Gasteiger partial charge is 0.465 e. The Morgan fingerprint density at radius 1 is 1.25 bits per heavy atom. The number of aromatic nitrogens is 1.